The van der Waals surface area contributed by atoms with E-state index >= 15 is 0 Å². The Bertz CT molecular complexity index is 1310. The summed E-state index contributed by atoms with van der Waals surface area (Å²) in [5.41, 5.74) is 0.119. The number of benzene rings is 1. The van der Waals surface area contributed by atoms with Crippen molar-refractivity contribution in [3.63, 3.8) is 0 Å². The van der Waals surface area contributed by atoms with E-state index in [2.05, 4.69) is 4.98 Å². The molecule has 1 aromatic carbocycles. The second-order valence-corrected chi connectivity index (χ2v) is 10.3. The van der Waals surface area contributed by atoms with E-state index in [1.54, 1.807) is 11.6 Å². The number of hydrogen-bond acceptors (Lipinski definition) is 8. The van der Waals surface area contributed by atoms with Crippen LogP contribution in [0, 0.1) is 0 Å². The van der Waals surface area contributed by atoms with Crippen molar-refractivity contribution < 1.29 is 22.7 Å². The predicted molar refractivity (Wildman–Crippen MR) is 119 cm³/mol. The highest BCUT2D eigenvalue weighted by molar-refractivity contribution is 7.89. The Labute approximate surface area is 189 Å². The zero-order valence-corrected chi connectivity index (χ0v) is 19.3. The van der Waals surface area contributed by atoms with Crippen LogP contribution in [0.1, 0.15) is 42.2 Å². The van der Waals surface area contributed by atoms with Crippen LogP contribution in [0.2, 0.25) is 0 Å². The monoisotopic (exact) mass is 477 g/mol. The molecule has 0 N–H and O–H groups in total. The highest BCUT2D eigenvalue weighted by Crippen LogP contribution is 2.32. The molecule has 2 aromatic heterocycles. The van der Waals surface area contributed by atoms with Gasteiger partial charge in [-0.25, -0.2) is 18.2 Å². The van der Waals surface area contributed by atoms with Crippen LogP contribution in [0.3, 0.4) is 0 Å². The van der Waals surface area contributed by atoms with Crippen molar-refractivity contribution >= 4 is 32.3 Å². The third-order valence-electron chi connectivity index (χ3n) is 5.44. The van der Waals surface area contributed by atoms with Gasteiger partial charge < -0.3 is 9.47 Å². The molecule has 0 amide bonds. The molecule has 0 aliphatic carbocycles. The lowest BCUT2D eigenvalue weighted by molar-refractivity contribution is 0.0467. The van der Waals surface area contributed by atoms with E-state index in [0.29, 0.717) is 17.2 Å². The number of carbonyl (C=O) groups is 1. The van der Waals surface area contributed by atoms with Gasteiger partial charge in [0.2, 0.25) is 10.0 Å². The van der Waals surface area contributed by atoms with E-state index in [0.717, 1.165) is 19.3 Å². The van der Waals surface area contributed by atoms with E-state index in [4.69, 9.17) is 9.47 Å². The standard InChI is InChI=1S/C21H23N3O6S2/c1-14-5-3-4-8-24(14)32(27,28)18-11-15(6-7-17(18)29-2)20(26)30-13-16-12-19(25)23-9-10-31-21(23)22-16/h6-7,9-12,14H,3-5,8,13H2,1-2H3. The summed E-state index contributed by atoms with van der Waals surface area (Å²) in [6.45, 7) is 2.09. The number of esters is 1. The molecule has 0 spiro atoms. The summed E-state index contributed by atoms with van der Waals surface area (Å²) in [5, 5.41) is 1.74. The Hall–Kier alpha value is -2.76. The van der Waals surface area contributed by atoms with Crippen molar-refractivity contribution in [3.05, 3.63) is 57.5 Å². The number of rotatable bonds is 6. The van der Waals surface area contributed by atoms with Gasteiger partial charge in [0.15, 0.2) is 4.96 Å². The van der Waals surface area contributed by atoms with E-state index < -0.39 is 16.0 Å². The summed E-state index contributed by atoms with van der Waals surface area (Å²) in [6, 6.07) is 5.34. The van der Waals surface area contributed by atoms with Crippen LogP contribution in [-0.4, -0.2) is 47.8 Å². The highest BCUT2D eigenvalue weighted by Gasteiger charge is 2.33. The fourth-order valence-corrected chi connectivity index (χ4v) is 6.37. The highest BCUT2D eigenvalue weighted by atomic mass is 32.2. The second-order valence-electron chi connectivity index (χ2n) is 7.54. The van der Waals surface area contributed by atoms with Gasteiger partial charge >= 0.3 is 5.97 Å². The molecule has 3 aromatic rings. The van der Waals surface area contributed by atoms with E-state index in [-0.39, 0.29) is 34.4 Å². The molecule has 4 rings (SSSR count). The summed E-state index contributed by atoms with van der Waals surface area (Å²) in [5.74, 6) is -0.555. The molecule has 170 valence electrons. The summed E-state index contributed by atoms with van der Waals surface area (Å²) < 4.78 is 40.1. The number of carbonyl (C=O) groups excluding carboxylic acids is 1. The smallest absolute Gasteiger partial charge is 0.338 e. The van der Waals surface area contributed by atoms with Crippen molar-refractivity contribution in [2.75, 3.05) is 13.7 Å². The summed E-state index contributed by atoms with van der Waals surface area (Å²) in [6.07, 6.45) is 4.17. The lowest BCUT2D eigenvalue weighted by atomic mass is 10.1. The Morgan fingerprint density at radius 1 is 1.28 bits per heavy atom. The maximum atomic E-state index is 13.3. The Morgan fingerprint density at radius 2 is 2.09 bits per heavy atom. The molecule has 0 bridgehead atoms. The number of fused-ring (bicyclic) bond motifs is 1. The van der Waals surface area contributed by atoms with E-state index in [1.807, 2.05) is 6.92 Å². The zero-order valence-electron chi connectivity index (χ0n) is 17.7. The number of nitrogens with zero attached hydrogens (tertiary/aromatic N) is 3. The first kappa shape index (κ1) is 22.4. The van der Waals surface area contributed by atoms with E-state index in [1.165, 1.54) is 51.4 Å². The quantitative estimate of drug-likeness (QED) is 0.502. The topological polar surface area (TPSA) is 107 Å². The molecular formula is C21H23N3O6S2. The van der Waals surface area contributed by atoms with Crippen molar-refractivity contribution in [2.24, 2.45) is 0 Å². The molecule has 9 nitrogen and oxygen atoms in total. The van der Waals surface area contributed by atoms with Crippen LogP contribution in [0.25, 0.3) is 4.96 Å². The van der Waals surface area contributed by atoms with Gasteiger partial charge in [0, 0.05) is 30.2 Å². The first-order valence-electron chi connectivity index (χ1n) is 10.1. The fourth-order valence-electron chi connectivity index (χ4n) is 3.75. The number of aromatic nitrogens is 2. The number of methoxy groups -OCH3 is 1. The summed E-state index contributed by atoms with van der Waals surface area (Å²) in [7, 11) is -2.47. The lowest BCUT2D eigenvalue weighted by Crippen LogP contribution is -2.42. The number of sulfonamides is 1. The minimum Gasteiger partial charge on any atom is -0.495 e. The number of ether oxygens (including phenoxy) is 2. The largest absolute Gasteiger partial charge is 0.495 e. The van der Waals surface area contributed by atoms with Gasteiger partial charge in [-0.1, -0.05) is 6.42 Å². The Morgan fingerprint density at radius 3 is 2.84 bits per heavy atom. The summed E-state index contributed by atoms with van der Waals surface area (Å²) >= 11 is 1.29. The Kier molecular flexibility index (Phi) is 6.31. The van der Waals surface area contributed by atoms with Crippen LogP contribution in [-0.2, 0) is 21.4 Å². The van der Waals surface area contributed by atoms with Gasteiger partial charge in [0.25, 0.3) is 5.56 Å². The summed E-state index contributed by atoms with van der Waals surface area (Å²) in [4.78, 5) is 29.5. The Balaban J connectivity index is 1.58. The van der Waals surface area contributed by atoms with Crippen molar-refractivity contribution in [1.82, 2.24) is 13.7 Å². The molecule has 1 aliphatic heterocycles. The van der Waals surface area contributed by atoms with Gasteiger partial charge in [-0.05, 0) is 38.0 Å². The zero-order chi connectivity index (χ0) is 22.9. The van der Waals surface area contributed by atoms with Crippen molar-refractivity contribution in [3.8, 4) is 5.75 Å². The van der Waals surface area contributed by atoms with Crippen LogP contribution >= 0.6 is 11.3 Å². The first-order chi connectivity index (χ1) is 15.3. The molecule has 3 heterocycles. The van der Waals surface area contributed by atoms with Crippen LogP contribution in [0.15, 0.2) is 45.5 Å². The molecule has 32 heavy (non-hydrogen) atoms. The van der Waals surface area contributed by atoms with E-state index in [9.17, 15) is 18.0 Å². The van der Waals surface area contributed by atoms with Crippen LogP contribution in [0.4, 0.5) is 0 Å². The van der Waals surface area contributed by atoms with Gasteiger partial charge in [-0.3, -0.25) is 9.20 Å². The lowest BCUT2D eigenvalue weighted by Gasteiger charge is -2.32. The second kappa shape index (κ2) is 9.00. The molecule has 0 saturated carbocycles. The molecular weight excluding hydrogens is 454 g/mol. The molecule has 1 fully saturated rings. The molecule has 1 aliphatic rings. The van der Waals surface area contributed by atoms with Crippen molar-refractivity contribution in [1.29, 1.82) is 0 Å². The number of hydrogen-bond donors (Lipinski definition) is 0. The van der Waals surface area contributed by atoms with Gasteiger partial charge in [0.1, 0.15) is 17.3 Å². The molecule has 0 radical (unpaired) electrons. The predicted octanol–water partition coefficient (Wildman–Crippen LogP) is 2.68. The maximum absolute atomic E-state index is 13.3. The normalized spacial score (nSPS) is 17.4. The van der Waals surface area contributed by atoms with Gasteiger partial charge in [-0.2, -0.15) is 4.31 Å². The SMILES string of the molecule is COc1ccc(C(=O)OCc2cc(=O)n3ccsc3n2)cc1S(=O)(=O)N1CCCCC1C. The van der Waals surface area contributed by atoms with Gasteiger partial charge in [0.05, 0.1) is 18.4 Å². The van der Waals surface area contributed by atoms with Crippen LogP contribution < -0.4 is 10.3 Å². The van der Waals surface area contributed by atoms with Crippen LogP contribution in [0.5, 0.6) is 5.75 Å². The minimum absolute atomic E-state index is 0.0698. The maximum Gasteiger partial charge on any atom is 0.338 e. The number of piperidine rings is 1. The first-order valence-corrected chi connectivity index (χ1v) is 12.5. The van der Waals surface area contributed by atoms with Crippen molar-refractivity contribution in [2.45, 2.75) is 43.7 Å². The third-order valence-corrected chi connectivity index (χ3v) is 8.23. The molecule has 11 heteroatoms. The third kappa shape index (κ3) is 4.27. The number of thiazole rings is 1. The average molecular weight is 478 g/mol. The molecule has 1 saturated heterocycles. The molecule has 1 atom stereocenters. The van der Waals surface area contributed by atoms with Gasteiger partial charge in [-0.15, -0.1) is 11.3 Å². The fraction of sp³-hybridized carbons (Fsp3) is 0.381. The average Bonchev–Trinajstić information content (AvgIpc) is 3.26. The minimum atomic E-state index is -3.86. The molecule has 1 unspecified atom stereocenters.